The second-order valence-electron chi connectivity index (χ2n) is 7.80. The van der Waals surface area contributed by atoms with Gasteiger partial charge in [0.1, 0.15) is 11.4 Å². The van der Waals surface area contributed by atoms with Crippen molar-refractivity contribution in [3.63, 3.8) is 0 Å². The van der Waals surface area contributed by atoms with E-state index in [4.69, 9.17) is 0 Å². The Morgan fingerprint density at radius 3 is 2.81 bits per heavy atom. The van der Waals surface area contributed by atoms with E-state index >= 15 is 0 Å². The van der Waals surface area contributed by atoms with E-state index in [0.29, 0.717) is 29.9 Å². The van der Waals surface area contributed by atoms with Crippen molar-refractivity contribution in [3.05, 3.63) is 40.9 Å². The van der Waals surface area contributed by atoms with Crippen molar-refractivity contribution in [1.82, 2.24) is 14.8 Å². The summed E-state index contributed by atoms with van der Waals surface area (Å²) in [5, 5.41) is 15.6. The van der Waals surface area contributed by atoms with Crippen LogP contribution < -0.4 is 5.32 Å². The quantitative estimate of drug-likeness (QED) is 0.851. The Morgan fingerprint density at radius 1 is 1.30 bits per heavy atom. The van der Waals surface area contributed by atoms with Crippen LogP contribution in [-0.4, -0.2) is 64.6 Å². The van der Waals surface area contributed by atoms with Crippen LogP contribution >= 0.6 is 11.3 Å². The zero-order chi connectivity index (χ0) is 18.5. The van der Waals surface area contributed by atoms with E-state index in [1.807, 2.05) is 24.6 Å². The number of fused-ring (bicyclic) bond motifs is 2. The number of phenols is 1. The fourth-order valence-corrected chi connectivity index (χ4v) is 5.98. The standard InChI is InChI=1S/C20H24N4O2S/c1-21-20-22-16(11-27-20)19(26)24-10-15(13-3-2-4-14(25)9-13)18-17(24)12-5-7-23(18)8-6-12/h2-4,9,11-12,15,17-18,25H,5-8,10H2,1H3,(H,21,22)/t15-,17+,18+/m0/s1. The number of piperidine rings is 3. The highest BCUT2D eigenvalue weighted by Crippen LogP contribution is 2.47. The number of aromatic nitrogens is 1. The van der Waals surface area contributed by atoms with E-state index in [0.717, 1.165) is 36.6 Å². The summed E-state index contributed by atoms with van der Waals surface area (Å²) < 4.78 is 0. The Hall–Kier alpha value is -2.12. The number of aromatic hydroxyl groups is 1. The molecule has 7 heteroatoms. The van der Waals surface area contributed by atoms with Gasteiger partial charge in [-0.15, -0.1) is 11.3 Å². The third-order valence-corrected chi connectivity index (χ3v) is 7.35. The molecule has 0 aliphatic carbocycles. The molecule has 0 unspecified atom stereocenters. The first-order valence-corrected chi connectivity index (χ1v) is 10.5. The summed E-state index contributed by atoms with van der Waals surface area (Å²) in [7, 11) is 1.82. The molecule has 4 fully saturated rings. The predicted octanol–water partition coefficient (Wildman–Crippen LogP) is 2.59. The predicted molar refractivity (Wildman–Crippen MR) is 105 cm³/mol. The number of benzene rings is 1. The number of hydrogen-bond acceptors (Lipinski definition) is 6. The molecule has 4 aliphatic heterocycles. The van der Waals surface area contributed by atoms with Gasteiger partial charge in [-0.1, -0.05) is 12.1 Å². The number of anilines is 1. The maximum Gasteiger partial charge on any atom is 0.273 e. The lowest BCUT2D eigenvalue weighted by Gasteiger charge is -2.51. The first kappa shape index (κ1) is 17.0. The Bertz CT molecular complexity index is 861. The molecule has 3 atom stereocenters. The SMILES string of the molecule is CNc1nc(C(=O)N2C[C@@H](c3cccc(O)c3)[C@@H]3[C@H]2C2CCN3CC2)cs1. The van der Waals surface area contributed by atoms with E-state index in [1.54, 1.807) is 6.07 Å². The fourth-order valence-electron chi connectivity index (χ4n) is 5.34. The molecule has 2 N–H and O–H groups in total. The van der Waals surface area contributed by atoms with Crippen molar-refractivity contribution < 1.29 is 9.90 Å². The molecule has 1 aromatic heterocycles. The van der Waals surface area contributed by atoms with E-state index in [2.05, 4.69) is 26.2 Å². The monoisotopic (exact) mass is 384 g/mol. The van der Waals surface area contributed by atoms with Gasteiger partial charge < -0.3 is 15.3 Å². The van der Waals surface area contributed by atoms with Crippen LogP contribution in [0.15, 0.2) is 29.6 Å². The number of likely N-dealkylation sites (tertiary alicyclic amines) is 1. The molecule has 0 radical (unpaired) electrons. The first-order valence-electron chi connectivity index (χ1n) is 9.63. The molecule has 1 aromatic carbocycles. The first-order chi connectivity index (χ1) is 13.2. The fraction of sp³-hybridized carbons (Fsp3) is 0.500. The highest BCUT2D eigenvalue weighted by Gasteiger charge is 2.54. The minimum absolute atomic E-state index is 0.0409. The Kier molecular flexibility index (Phi) is 4.09. The number of phenolic OH excluding ortho intramolecular Hbond substituents is 1. The number of amides is 1. The van der Waals surface area contributed by atoms with Gasteiger partial charge in [0.25, 0.3) is 5.91 Å². The maximum absolute atomic E-state index is 13.3. The average molecular weight is 385 g/mol. The molecule has 4 saturated heterocycles. The summed E-state index contributed by atoms with van der Waals surface area (Å²) in [6.45, 7) is 2.92. The van der Waals surface area contributed by atoms with E-state index in [-0.39, 0.29) is 17.9 Å². The van der Waals surface area contributed by atoms with Crippen LogP contribution in [0.3, 0.4) is 0 Å². The highest BCUT2D eigenvalue weighted by molar-refractivity contribution is 7.13. The lowest BCUT2D eigenvalue weighted by molar-refractivity contribution is -0.00356. The van der Waals surface area contributed by atoms with Crippen LogP contribution in [0.5, 0.6) is 5.75 Å². The molecule has 5 heterocycles. The molecule has 27 heavy (non-hydrogen) atoms. The van der Waals surface area contributed by atoms with E-state index in [1.165, 1.54) is 11.3 Å². The molecular formula is C20H24N4O2S. The molecular weight excluding hydrogens is 360 g/mol. The lowest BCUT2D eigenvalue weighted by Crippen LogP contribution is -2.60. The van der Waals surface area contributed by atoms with Crippen LogP contribution in [0.2, 0.25) is 0 Å². The van der Waals surface area contributed by atoms with Crippen LogP contribution in [0.1, 0.15) is 34.8 Å². The Labute approximate surface area is 162 Å². The number of thiazole rings is 1. The van der Waals surface area contributed by atoms with Crippen LogP contribution in [0.4, 0.5) is 5.13 Å². The molecule has 142 valence electrons. The van der Waals surface area contributed by atoms with Crippen LogP contribution in [0, 0.1) is 5.92 Å². The molecule has 0 saturated carbocycles. The van der Waals surface area contributed by atoms with Gasteiger partial charge in [-0.05, 0) is 49.5 Å². The number of rotatable bonds is 3. The minimum Gasteiger partial charge on any atom is -0.508 e. The summed E-state index contributed by atoms with van der Waals surface area (Å²) in [6, 6.07) is 8.14. The van der Waals surface area contributed by atoms with E-state index < -0.39 is 0 Å². The van der Waals surface area contributed by atoms with Crippen LogP contribution in [-0.2, 0) is 0 Å². The van der Waals surface area contributed by atoms with Crippen molar-refractivity contribution >= 4 is 22.4 Å². The van der Waals surface area contributed by atoms with Crippen molar-refractivity contribution in [2.75, 3.05) is 32.0 Å². The van der Waals surface area contributed by atoms with Crippen molar-refractivity contribution in [2.45, 2.75) is 30.8 Å². The summed E-state index contributed by atoms with van der Waals surface area (Å²) >= 11 is 1.47. The van der Waals surface area contributed by atoms with Gasteiger partial charge in [0.15, 0.2) is 5.13 Å². The summed E-state index contributed by atoms with van der Waals surface area (Å²) in [6.07, 6.45) is 2.33. The molecule has 2 aromatic rings. The van der Waals surface area contributed by atoms with Gasteiger partial charge >= 0.3 is 0 Å². The molecule has 4 aliphatic rings. The summed E-state index contributed by atoms with van der Waals surface area (Å²) in [4.78, 5) is 22.4. The van der Waals surface area contributed by atoms with Gasteiger partial charge in [0.05, 0.1) is 6.04 Å². The van der Waals surface area contributed by atoms with Gasteiger partial charge in [-0.3, -0.25) is 9.69 Å². The number of hydrogen-bond donors (Lipinski definition) is 2. The molecule has 6 nitrogen and oxygen atoms in total. The zero-order valence-corrected chi connectivity index (χ0v) is 16.2. The highest BCUT2D eigenvalue weighted by atomic mass is 32.1. The number of nitrogens with zero attached hydrogens (tertiary/aromatic N) is 3. The van der Waals surface area contributed by atoms with Gasteiger partial charge in [0, 0.05) is 30.9 Å². The third kappa shape index (κ3) is 2.72. The van der Waals surface area contributed by atoms with E-state index in [9.17, 15) is 9.90 Å². The minimum atomic E-state index is 0.0409. The van der Waals surface area contributed by atoms with Gasteiger partial charge in [-0.2, -0.15) is 0 Å². The van der Waals surface area contributed by atoms with Gasteiger partial charge in [-0.25, -0.2) is 4.98 Å². The summed E-state index contributed by atoms with van der Waals surface area (Å²) in [5.74, 6) is 1.13. The Morgan fingerprint density at radius 2 is 2.11 bits per heavy atom. The average Bonchev–Trinajstić information content (AvgIpc) is 3.34. The lowest BCUT2D eigenvalue weighted by atomic mass is 9.75. The van der Waals surface area contributed by atoms with Gasteiger partial charge in [0.2, 0.25) is 0 Å². The molecule has 6 rings (SSSR count). The number of carbonyl (C=O) groups is 1. The number of carbonyl (C=O) groups excluding carboxylic acids is 1. The second kappa shape index (κ2) is 6.49. The topological polar surface area (TPSA) is 68.7 Å². The molecule has 1 amide bonds. The maximum atomic E-state index is 13.3. The Balaban J connectivity index is 1.51. The number of nitrogens with one attached hydrogen (secondary N) is 1. The van der Waals surface area contributed by atoms with Crippen molar-refractivity contribution in [3.8, 4) is 5.75 Å². The third-order valence-electron chi connectivity index (χ3n) is 6.49. The largest absolute Gasteiger partial charge is 0.508 e. The zero-order valence-electron chi connectivity index (χ0n) is 15.3. The van der Waals surface area contributed by atoms with Crippen LogP contribution in [0.25, 0.3) is 0 Å². The normalized spacial score (nSPS) is 31.7. The molecule has 0 spiro atoms. The second-order valence-corrected chi connectivity index (χ2v) is 8.66. The molecule has 2 bridgehead atoms. The smallest absolute Gasteiger partial charge is 0.273 e. The van der Waals surface area contributed by atoms with Crippen molar-refractivity contribution in [1.29, 1.82) is 0 Å². The van der Waals surface area contributed by atoms with Crippen molar-refractivity contribution in [2.24, 2.45) is 5.92 Å². The summed E-state index contributed by atoms with van der Waals surface area (Å²) in [5.41, 5.74) is 1.66.